The van der Waals surface area contributed by atoms with Gasteiger partial charge in [-0.15, -0.1) is 0 Å². The van der Waals surface area contributed by atoms with E-state index in [9.17, 15) is 14.4 Å². The quantitative estimate of drug-likeness (QED) is 0.449. The number of rotatable bonds is 7. The molecular formula is C8H13NO6. The standard InChI is InChI=1S/C8H13NO6/c1-4(7(12)13)9-5(8(14)15)2-3-6(10)11/h4-5,9H,2-3H2,1H3,(H,10,11)(H,12,13)(H,14,15). The zero-order valence-electron chi connectivity index (χ0n) is 8.14. The SMILES string of the molecule is CC(NC(CCC(=O)O)C(=O)O)C(=O)O. The molecule has 0 spiro atoms. The van der Waals surface area contributed by atoms with Crippen molar-refractivity contribution in [1.29, 1.82) is 0 Å². The monoisotopic (exact) mass is 219 g/mol. The van der Waals surface area contributed by atoms with Crippen molar-refractivity contribution in [3.63, 3.8) is 0 Å². The summed E-state index contributed by atoms with van der Waals surface area (Å²) in [5.41, 5.74) is 0. The minimum Gasteiger partial charge on any atom is -0.481 e. The highest BCUT2D eigenvalue weighted by atomic mass is 16.4. The Hall–Kier alpha value is -1.63. The first-order chi connectivity index (χ1) is 6.84. The average molecular weight is 219 g/mol. The van der Waals surface area contributed by atoms with Crippen molar-refractivity contribution in [3.05, 3.63) is 0 Å². The summed E-state index contributed by atoms with van der Waals surface area (Å²) in [5, 5.41) is 27.8. The first-order valence-corrected chi connectivity index (χ1v) is 4.28. The fraction of sp³-hybridized carbons (Fsp3) is 0.625. The number of hydrogen-bond donors (Lipinski definition) is 4. The minimum atomic E-state index is -1.26. The van der Waals surface area contributed by atoms with Gasteiger partial charge in [-0.2, -0.15) is 0 Å². The molecule has 0 saturated carbocycles. The molecule has 86 valence electrons. The Balaban J connectivity index is 4.22. The highest BCUT2D eigenvalue weighted by Crippen LogP contribution is 1.99. The predicted molar refractivity (Wildman–Crippen MR) is 48.5 cm³/mol. The first kappa shape index (κ1) is 13.4. The Morgan fingerprint density at radius 2 is 1.67 bits per heavy atom. The molecule has 0 amide bonds. The minimum absolute atomic E-state index is 0.151. The molecule has 0 heterocycles. The van der Waals surface area contributed by atoms with E-state index in [4.69, 9.17) is 15.3 Å². The molecule has 0 fully saturated rings. The number of hydrogen-bond acceptors (Lipinski definition) is 4. The first-order valence-electron chi connectivity index (χ1n) is 4.28. The van der Waals surface area contributed by atoms with Gasteiger partial charge in [0, 0.05) is 6.42 Å². The maximum Gasteiger partial charge on any atom is 0.320 e. The fourth-order valence-corrected chi connectivity index (χ4v) is 0.919. The predicted octanol–water partition coefficient (Wildman–Crippen LogP) is -0.633. The van der Waals surface area contributed by atoms with Crippen molar-refractivity contribution >= 4 is 17.9 Å². The third-order valence-corrected chi connectivity index (χ3v) is 1.77. The van der Waals surface area contributed by atoms with Gasteiger partial charge >= 0.3 is 17.9 Å². The lowest BCUT2D eigenvalue weighted by Gasteiger charge is -2.16. The van der Waals surface area contributed by atoms with Crippen molar-refractivity contribution in [2.45, 2.75) is 31.8 Å². The molecule has 15 heavy (non-hydrogen) atoms. The lowest BCUT2D eigenvalue weighted by molar-refractivity contribution is -0.142. The summed E-state index contributed by atoms with van der Waals surface area (Å²) in [5.74, 6) is -3.56. The maximum absolute atomic E-state index is 10.6. The van der Waals surface area contributed by atoms with Crippen LogP contribution in [0.1, 0.15) is 19.8 Å². The lowest BCUT2D eigenvalue weighted by Crippen LogP contribution is -2.45. The van der Waals surface area contributed by atoms with Gasteiger partial charge in [0.25, 0.3) is 0 Å². The molecule has 0 radical (unpaired) electrons. The van der Waals surface area contributed by atoms with Crippen molar-refractivity contribution < 1.29 is 29.7 Å². The second-order valence-corrected chi connectivity index (χ2v) is 3.05. The zero-order chi connectivity index (χ0) is 12.0. The van der Waals surface area contributed by atoms with Gasteiger partial charge in [0.1, 0.15) is 12.1 Å². The molecule has 7 nitrogen and oxygen atoms in total. The molecule has 0 bridgehead atoms. The van der Waals surface area contributed by atoms with Gasteiger partial charge in [0.15, 0.2) is 0 Å². The summed E-state index contributed by atoms with van der Waals surface area (Å²) in [7, 11) is 0. The number of carboxylic acid groups (broad SMARTS) is 3. The van der Waals surface area contributed by atoms with Gasteiger partial charge in [-0.25, -0.2) is 0 Å². The van der Waals surface area contributed by atoms with Gasteiger partial charge in [-0.3, -0.25) is 19.7 Å². The van der Waals surface area contributed by atoms with Crippen LogP contribution in [0.25, 0.3) is 0 Å². The van der Waals surface area contributed by atoms with Crippen LogP contribution in [0.2, 0.25) is 0 Å². The van der Waals surface area contributed by atoms with Crippen LogP contribution in [-0.2, 0) is 14.4 Å². The third-order valence-electron chi connectivity index (χ3n) is 1.77. The Bertz CT molecular complexity index is 264. The van der Waals surface area contributed by atoms with E-state index in [1.165, 1.54) is 6.92 Å². The second kappa shape index (κ2) is 5.97. The Morgan fingerprint density at radius 1 is 1.13 bits per heavy atom. The number of carbonyl (C=O) groups is 3. The summed E-state index contributed by atoms with van der Waals surface area (Å²) < 4.78 is 0. The highest BCUT2D eigenvalue weighted by molar-refractivity contribution is 5.77. The molecule has 0 aliphatic rings. The summed E-state index contributed by atoms with van der Waals surface area (Å²) >= 11 is 0. The molecule has 7 heteroatoms. The molecule has 0 aromatic carbocycles. The average Bonchev–Trinajstić information content (AvgIpc) is 2.10. The van der Waals surface area contributed by atoms with Crippen LogP contribution in [0.3, 0.4) is 0 Å². The second-order valence-electron chi connectivity index (χ2n) is 3.05. The van der Waals surface area contributed by atoms with E-state index in [0.29, 0.717) is 0 Å². The van der Waals surface area contributed by atoms with Crippen molar-refractivity contribution in [3.8, 4) is 0 Å². The normalized spacial score (nSPS) is 14.2. The fourth-order valence-electron chi connectivity index (χ4n) is 0.919. The lowest BCUT2D eigenvalue weighted by atomic mass is 10.1. The Labute approximate surface area is 85.7 Å². The van der Waals surface area contributed by atoms with E-state index in [-0.39, 0.29) is 12.8 Å². The molecule has 0 aromatic rings. The number of carboxylic acids is 3. The Kier molecular flexibility index (Phi) is 5.32. The maximum atomic E-state index is 10.6. The molecule has 2 atom stereocenters. The van der Waals surface area contributed by atoms with E-state index >= 15 is 0 Å². The number of nitrogens with one attached hydrogen (secondary N) is 1. The van der Waals surface area contributed by atoms with Gasteiger partial charge < -0.3 is 15.3 Å². The summed E-state index contributed by atoms with van der Waals surface area (Å²) in [6.07, 6.45) is -0.474. The molecule has 0 aliphatic heterocycles. The highest BCUT2D eigenvalue weighted by Gasteiger charge is 2.23. The summed E-state index contributed by atoms with van der Waals surface area (Å²) in [4.78, 5) is 31.3. The van der Waals surface area contributed by atoms with Gasteiger partial charge in [-0.1, -0.05) is 0 Å². The van der Waals surface area contributed by atoms with E-state index in [1.807, 2.05) is 0 Å². The van der Waals surface area contributed by atoms with E-state index in [0.717, 1.165) is 0 Å². The van der Waals surface area contributed by atoms with E-state index in [2.05, 4.69) is 5.32 Å². The van der Waals surface area contributed by atoms with Crippen molar-refractivity contribution in [2.24, 2.45) is 0 Å². The number of aliphatic carboxylic acids is 3. The van der Waals surface area contributed by atoms with Crippen LogP contribution in [0.5, 0.6) is 0 Å². The third kappa shape index (κ3) is 5.63. The summed E-state index contributed by atoms with van der Waals surface area (Å²) in [6.45, 7) is 1.29. The van der Waals surface area contributed by atoms with Gasteiger partial charge in [-0.05, 0) is 13.3 Å². The molecule has 0 aromatic heterocycles. The van der Waals surface area contributed by atoms with Gasteiger partial charge in [0.2, 0.25) is 0 Å². The van der Waals surface area contributed by atoms with E-state index in [1.54, 1.807) is 0 Å². The topological polar surface area (TPSA) is 124 Å². The van der Waals surface area contributed by atoms with Crippen molar-refractivity contribution in [2.75, 3.05) is 0 Å². The molecular weight excluding hydrogens is 206 g/mol. The molecule has 0 saturated heterocycles. The van der Waals surface area contributed by atoms with Crippen LogP contribution in [0, 0.1) is 0 Å². The molecule has 0 aliphatic carbocycles. The van der Waals surface area contributed by atoms with E-state index < -0.39 is 30.0 Å². The van der Waals surface area contributed by atoms with Crippen LogP contribution in [0.4, 0.5) is 0 Å². The van der Waals surface area contributed by atoms with Crippen molar-refractivity contribution in [1.82, 2.24) is 5.32 Å². The van der Waals surface area contributed by atoms with Crippen LogP contribution in [0.15, 0.2) is 0 Å². The largest absolute Gasteiger partial charge is 0.481 e. The Morgan fingerprint density at radius 3 is 2.00 bits per heavy atom. The van der Waals surface area contributed by atoms with Crippen LogP contribution >= 0.6 is 0 Å². The van der Waals surface area contributed by atoms with Crippen LogP contribution in [-0.4, -0.2) is 45.3 Å². The molecule has 4 N–H and O–H groups in total. The molecule has 2 unspecified atom stereocenters. The molecule has 0 rings (SSSR count). The van der Waals surface area contributed by atoms with Gasteiger partial charge in [0.05, 0.1) is 0 Å². The zero-order valence-corrected chi connectivity index (χ0v) is 8.14. The van der Waals surface area contributed by atoms with Crippen LogP contribution < -0.4 is 5.32 Å². The smallest absolute Gasteiger partial charge is 0.320 e. The summed E-state index contributed by atoms with van der Waals surface area (Å²) in [6, 6.07) is -2.19.